The second kappa shape index (κ2) is 6.01. The Bertz CT molecular complexity index is 857. The SMILES string of the molecule is Cc1cc2c(N3CCCC(c4nc(N(C)C)no4)C3)ncnc2s1. The lowest BCUT2D eigenvalue weighted by Crippen LogP contribution is -2.35. The van der Waals surface area contributed by atoms with Crippen LogP contribution in [0.3, 0.4) is 0 Å². The Kier molecular flexibility index (Phi) is 3.84. The number of piperidine rings is 1. The van der Waals surface area contributed by atoms with Gasteiger partial charge in [-0.3, -0.25) is 0 Å². The second-order valence-electron chi connectivity index (χ2n) is 6.39. The molecule has 4 heterocycles. The van der Waals surface area contributed by atoms with Crippen LogP contribution in [0.15, 0.2) is 16.9 Å². The molecule has 1 aliphatic heterocycles. The van der Waals surface area contributed by atoms with Gasteiger partial charge in [0.05, 0.1) is 11.3 Å². The van der Waals surface area contributed by atoms with Crippen LogP contribution in [0.5, 0.6) is 0 Å². The molecule has 0 aliphatic carbocycles. The number of nitrogens with zero attached hydrogens (tertiary/aromatic N) is 6. The molecular weight excluding hydrogens is 324 g/mol. The molecule has 4 rings (SSSR count). The lowest BCUT2D eigenvalue weighted by atomic mass is 9.98. The van der Waals surface area contributed by atoms with Crippen molar-refractivity contribution in [2.75, 3.05) is 37.0 Å². The van der Waals surface area contributed by atoms with E-state index in [0.29, 0.717) is 5.95 Å². The van der Waals surface area contributed by atoms with Gasteiger partial charge in [0, 0.05) is 32.1 Å². The van der Waals surface area contributed by atoms with E-state index in [2.05, 4.69) is 38.0 Å². The summed E-state index contributed by atoms with van der Waals surface area (Å²) in [6, 6.07) is 2.18. The summed E-state index contributed by atoms with van der Waals surface area (Å²) < 4.78 is 5.48. The predicted molar refractivity (Wildman–Crippen MR) is 95.0 cm³/mol. The Balaban J connectivity index is 1.62. The second-order valence-corrected chi connectivity index (χ2v) is 7.62. The van der Waals surface area contributed by atoms with Gasteiger partial charge in [-0.05, 0) is 31.0 Å². The molecule has 0 amide bonds. The average Bonchev–Trinajstić information content (AvgIpc) is 3.20. The first-order valence-corrected chi connectivity index (χ1v) is 8.90. The fraction of sp³-hybridized carbons (Fsp3) is 0.500. The molecule has 0 spiro atoms. The smallest absolute Gasteiger partial charge is 0.265 e. The maximum absolute atomic E-state index is 5.48. The zero-order valence-electron chi connectivity index (χ0n) is 14.1. The Morgan fingerprint density at radius 3 is 3.00 bits per heavy atom. The van der Waals surface area contributed by atoms with Crippen LogP contribution >= 0.6 is 11.3 Å². The van der Waals surface area contributed by atoms with Gasteiger partial charge < -0.3 is 14.3 Å². The van der Waals surface area contributed by atoms with Gasteiger partial charge in [0.15, 0.2) is 0 Å². The Morgan fingerprint density at radius 1 is 1.33 bits per heavy atom. The largest absolute Gasteiger partial charge is 0.355 e. The first-order chi connectivity index (χ1) is 11.6. The van der Waals surface area contributed by atoms with Crippen molar-refractivity contribution in [1.29, 1.82) is 0 Å². The van der Waals surface area contributed by atoms with Crippen LogP contribution in [0.1, 0.15) is 29.5 Å². The third-order valence-corrected chi connectivity index (χ3v) is 5.29. The van der Waals surface area contributed by atoms with Crippen LogP contribution < -0.4 is 9.80 Å². The lowest BCUT2D eigenvalue weighted by molar-refractivity contribution is 0.333. The molecule has 1 unspecified atom stereocenters. The van der Waals surface area contributed by atoms with Gasteiger partial charge in [-0.2, -0.15) is 4.98 Å². The molecule has 0 aromatic carbocycles. The average molecular weight is 344 g/mol. The van der Waals surface area contributed by atoms with Gasteiger partial charge >= 0.3 is 0 Å². The summed E-state index contributed by atoms with van der Waals surface area (Å²) in [4.78, 5) is 19.9. The highest BCUT2D eigenvalue weighted by molar-refractivity contribution is 7.18. The zero-order valence-corrected chi connectivity index (χ0v) is 14.9. The van der Waals surface area contributed by atoms with Crippen molar-refractivity contribution in [1.82, 2.24) is 20.1 Å². The highest BCUT2D eigenvalue weighted by Crippen LogP contribution is 2.34. The number of hydrogen-bond acceptors (Lipinski definition) is 8. The molecule has 126 valence electrons. The topological polar surface area (TPSA) is 71.2 Å². The molecule has 1 aliphatic rings. The Morgan fingerprint density at radius 2 is 2.21 bits per heavy atom. The number of anilines is 2. The molecule has 7 nitrogen and oxygen atoms in total. The fourth-order valence-electron chi connectivity index (χ4n) is 3.16. The molecule has 0 N–H and O–H groups in total. The first kappa shape index (κ1) is 15.3. The Hall–Kier alpha value is -2.22. The van der Waals surface area contributed by atoms with Crippen molar-refractivity contribution in [3.8, 4) is 0 Å². The third kappa shape index (κ3) is 2.71. The third-order valence-electron chi connectivity index (χ3n) is 4.33. The molecule has 0 bridgehead atoms. The molecule has 0 radical (unpaired) electrons. The number of rotatable bonds is 3. The van der Waals surface area contributed by atoms with E-state index >= 15 is 0 Å². The van der Waals surface area contributed by atoms with E-state index in [-0.39, 0.29) is 5.92 Å². The Labute approximate surface area is 144 Å². The van der Waals surface area contributed by atoms with Crippen LogP contribution in [0.2, 0.25) is 0 Å². The molecule has 3 aromatic heterocycles. The van der Waals surface area contributed by atoms with Crippen molar-refractivity contribution in [2.45, 2.75) is 25.7 Å². The van der Waals surface area contributed by atoms with Gasteiger partial charge in [0.1, 0.15) is 17.0 Å². The number of hydrogen-bond donors (Lipinski definition) is 0. The van der Waals surface area contributed by atoms with Crippen molar-refractivity contribution >= 4 is 33.3 Å². The van der Waals surface area contributed by atoms with E-state index in [4.69, 9.17) is 4.52 Å². The monoisotopic (exact) mass is 344 g/mol. The normalized spacial score (nSPS) is 18.3. The molecule has 1 saturated heterocycles. The summed E-state index contributed by atoms with van der Waals surface area (Å²) in [6.45, 7) is 3.94. The minimum Gasteiger partial charge on any atom is -0.355 e. The molecule has 24 heavy (non-hydrogen) atoms. The predicted octanol–water partition coefficient (Wildman–Crippen LogP) is 2.83. The van der Waals surface area contributed by atoms with Crippen LogP contribution in [0, 0.1) is 6.92 Å². The van der Waals surface area contributed by atoms with Gasteiger partial charge in [0.2, 0.25) is 5.89 Å². The van der Waals surface area contributed by atoms with Gasteiger partial charge in [-0.15, -0.1) is 11.3 Å². The fourth-order valence-corrected chi connectivity index (χ4v) is 4.00. The number of fused-ring (bicyclic) bond motifs is 1. The van der Waals surface area contributed by atoms with E-state index in [1.54, 1.807) is 17.7 Å². The highest BCUT2D eigenvalue weighted by Gasteiger charge is 2.28. The van der Waals surface area contributed by atoms with Crippen LogP contribution in [0.25, 0.3) is 10.2 Å². The summed E-state index contributed by atoms with van der Waals surface area (Å²) in [7, 11) is 3.83. The summed E-state index contributed by atoms with van der Waals surface area (Å²) in [5.74, 6) is 2.60. The first-order valence-electron chi connectivity index (χ1n) is 8.09. The van der Waals surface area contributed by atoms with E-state index in [9.17, 15) is 0 Å². The summed E-state index contributed by atoms with van der Waals surface area (Å²) in [5, 5.41) is 5.18. The quantitative estimate of drug-likeness (QED) is 0.723. The maximum atomic E-state index is 5.48. The van der Waals surface area contributed by atoms with Crippen LogP contribution in [-0.4, -0.2) is 47.3 Å². The molecule has 8 heteroatoms. The van der Waals surface area contributed by atoms with E-state index in [0.717, 1.165) is 47.9 Å². The van der Waals surface area contributed by atoms with Crippen molar-refractivity contribution < 1.29 is 4.52 Å². The lowest BCUT2D eigenvalue weighted by Gasteiger charge is -2.32. The van der Waals surface area contributed by atoms with E-state index in [1.807, 2.05) is 19.0 Å². The molecule has 3 aromatic rings. The van der Waals surface area contributed by atoms with E-state index in [1.165, 1.54) is 4.88 Å². The molecular formula is C16H20N6OS. The molecule has 0 saturated carbocycles. The van der Waals surface area contributed by atoms with Crippen molar-refractivity contribution in [3.63, 3.8) is 0 Å². The minimum absolute atomic E-state index is 0.240. The number of thiophene rings is 1. The summed E-state index contributed by atoms with van der Waals surface area (Å²) >= 11 is 1.71. The van der Waals surface area contributed by atoms with Crippen molar-refractivity contribution in [3.05, 3.63) is 23.2 Å². The van der Waals surface area contributed by atoms with E-state index < -0.39 is 0 Å². The standard InChI is InChI=1S/C16H20N6OS/c1-10-7-12-13(17-9-18-15(12)24-10)22-6-4-5-11(8-22)14-19-16(20-23-14)21(2)3/h7,9,11H,4-6,8H2,1-3H3. The van der Waals surface area contributed by atoms with Crippen molar-refractivity contribution in [2.24, 2.45) is 0 Å². The van der Waals surface area contributed by atoms with Crippen LogP contribution in [-0.2, 0) is 0 Å². The molecule has 1 atom stereocenters. The molecule has 1 fully saturated rings. The van der Waals surface area contributed by atoms with Gasteiger partial charge in [-0.1, -0.05) is 0 Å². The van der Waals surface area contributed by atoms with Gasteiger partial charge in [0.25, 0.3) is 5.95 Å². The number of aromatic nitrogens is 4. The van der Waals surface area contributed by atoms with Gasteiger partial charge in [-0.25, -0.2) is 9.97 Å². The highest BCUT2D eigenvalue weighted by atomic mass is 32.1. The summed E-state index contributed by atoms with van der Waals surface area (Å²) in [6.07, 6.45) is 3.80. The maximum Gasteiger partial charge on any atom is 0.265 e. The summed E-state index contributed by atoms with van der Waals surface area (Å²) in [5.41, 5.74) is 0. The minimum atomic E-state index is 0.240. The van der Waals surface area contributed by atoms with Crippen LogP contribution in [0.4, 0.5) is 11.8 Å². The number of aryl methyl sites for hydroxylation is 1. The zero-order chi connectivity index (χ0) is 16.7.